The van der Waals surface area contributed by atoms with Gasteiger partial charge in [0.1, 0.15) is 6.54 Å². The molecule has 0 bridgehead atoms. The van der Waals surface area contributed by atoms with E-state index >= 15 is 0 Å². The summed E-state index contributed by atoms with van der Waals surface area (Å²) in [5.74, 6) is 0.101. The van der Waals surface area contributed by atoms with Gasteiger partial charge < -0.3 is 10.2 Å². The number of carbonyl (C=O) groups is 1. The van der Waals surface area contributed by atoms with E-state index in [1.807, 2.05) is 24.3 Å². The van der Waals surface area contributed by atoms with Crippen molar-refractivity contribution in [3.8, 4) is 0 Å². The Morgan fingerprint density at radius 1 is 1.09 bits per heavy atom. The van der Waals surface area contributed by atoms with Gasteiger partial charge in [0, 0.05) is 23.6 Å². The lowest BCUT2D eigenvalue weighted by Crippen LogP contribution is -3.12. The summed E-state index contributed by atoms with van der Waals surface area (Å²) in [5.41, 5.74) is 3.86. The van der Waals surface area contributed by atoms with Gasteiger partial charge in [-0.15, -0.1) is 0 Å². The van der Waals surface area contributed by atoms with Gasteiger partial charge in [-0.05, 0) is 23.3 Å². The van der Waals surface area contributed by atoms with Crippen LogP contribution in [-0.2, 0) is 24.3 Å². The molecule has 3 rings (SSSR count). The number of rotatable bonds is 4. The first-order valence-electron chi connectivity index (χ1n) is 7.62. The summed E-state index contributed by atoms with van der Waals surface area (Å²) in [5, 5.41) is 3.70. The lowest BCUT2D eigenvalue weighted by Gasteiger charge is -2.25. The first kappa shape index (κ1) is 15.1. The first-order valence-corrected chi connectivity index (χ1v) is 8.00. The summed E-state index contributed by atoms with van der Waals surface area (Å²) in [7, 11) is 0. The molecule has 0 radical (unpaired) electrons. The van der Waals surface area contributed by atoms with Crippen LogP contribution < -0.4 is 10.2 Å². The van der Waals surface area contributed by atoms with E-state index in [0.29, 0.717) is 18.1 Å². The highest BCUT2D eigenvalue weighted by Gasteiger charge is 2.21. The largest absolute Gasteiger partial charge is 0.347 e. The monoisotopic (exact) mass is 315 g/mol. The molecule has 4 heteroatoms. The molecule has 0 saturated carbocycles. The second-order valence-electron chi connectivity index (χ2n) is 5.78. The van der Waals surface area contributed by atoms with Crippen LogP contribution in [-0.4, -0.2) is 19.0 Å². The van der Waals surface area contributed by atoms with E-state index in [1.165, 1.54) is 16.0 Å². The zero-order chi connectivity index (χ0) is 15.4. The van der Waals surface area contributed by atoms with Crippen LogP contribution in [0, 0.1) is 0 Å². The number of hydrogen-bond acceptors (Lipinski definition) is 1. The van der Waals surface area contributed by atoms with Crippen molar-refractivity contribution in [2.75, 3.05) is 13.1 Å². The molecule has 1 amide bonds. The number of quaternary nitrogens is 1. The zero-order valence-corrected chi connectivity index (χ0v) is 13.2. The topological polar surface area (TPSA) is 33.5 Å². The van der Waals surface area contributed by atoms with Gasteiger partial charge in [-0.2, -0.15) is 0 Å². The second kappa shape index (κ2) is 6.95. The molecule has 2 aromatic carbocycles. The minimum atomic E-state index is 0.101. The summed E-state index contributed by atoms with van der Waals surface area (Å²) in [6, 6.07) is 16.1. The fourth-order valence-corrected chi connectivity index (χ4v) is 3.01. The number of halogens is 1. The van der Waals surface area contributed by atoms with Crippen LogP contribution in [0.5, 0.6) is 0 Å². The number of amides is 1. The van der Waals surface area contributed by atoms with Crippen LogP contribution in [0.25, 0.3) is 0 Å². The molecule has 0 aromatic heterocycles. The highest BCUT2D eigenvalue weighted by molar-refractivity contribution is 6.30. The third kappa shape index (κ3) is 3.87. The van der Waals surface area contributed by atoms with Crippen molar-refractivity contribution in [3.63, 3.8) is 0 Å². The van der Waals surface area contributed by atoms with E-state index in [-0.39, 0.29) is 5.91 Å². The van der Waals surface area contributed by atoms with Gasteiger partial charge in [0.2, 0.25) is 0 Å². The van der Waals surface area contributed by atoms with Crippen molar-refractivity contribution < 1.29 is 9.69 Å². The number of benzene rings is 2. The number of hydrogen-bond donors (Lipinski definition) is 2. The molecule has 1 atom stereocenters. The van der Waals surface area contributed by atoms with E-state index in [1.54, 1.807) is 0 Å². The molecule has 1 aliphatic rings. The number of nitrogens with one attached hydrogen (secondary N) is 2. The summed E-state index contributed by atoms with van der Waals surface area (Å²) in [6.45, 7) is 3.04. The predicted octanol–water partition coefficient (Wildman–Crippen LogP) is 1.60. The average Bonchev–Trinajstić information content (AvgIpc) is 2.54. The van der Waals surface area contributed by atoms with Crippen molar-refractivity contribution >= 4 is 17.5 Å². The maximum atomic E-state index is 12.1. The van der Waals surface area contributed by atoms with Gasteiger partial charge in [-0.1, -0.05) is 48.0 Å². The molecule has 22 heavy (non-hydrogen) atoms. The van der Waals surface area contributed by atoms with Crippen molar-refractivity contribution in [2.24, 2.45) is 0 Å². The minimum Gasteiger partial charge on any atom is -0.347 e. The first-order chi connectivity index (χ1) is 10.7. The van der Waals surface area contributed by atoms with Gasteiger partial charge in [-0.25, -0.2) is 0 Å². The lowest BCUT2D eigenvalue weighted by molar-refractivity contribution is -0.908. The average molecular weight is 316 g/mol. The Labute approximate surface area is 135 Å². The fraction of sp³-hybridized carbons (Fsp3) is 0.278. The second-order valence-corrected chi connectivity index (χ2v) is 6.21. The molecule has 0 aliphatic carbocycles. The maximum Gasteiger partial charge on any atom is 0.275 e. The van der Waals surface area contributed by atoms with Crippen LogP contribution in [0.15, 0.2) is 48.5 Å². The Morgan fingerprint density at radius 3 is 2.59 bits per heavy atom. The molecule has 2 aromatic rings. The smallest absolute Gasteiger partial charge is 0.275 e. The summed E-state index contributed by atoms with van der Waals surface area (Å²) in [4.78, 5) is 13.4. The standard InChI is InChI=1S/C18H19ClN2O/c19-17-7-5-14(6-8-17)11-20-18(22)13-21-10-9-15-3-1-2-4-16(15)12-21/h1-8H,9-13H2,(H,20,22)/p+1. The van der Waals surface area contributed by atoms with Crippen LogP contribution in [0.2, 0.25) is 5.02 Å². The molecule has 1 aliphatic heterocycles. The molecule has 2 N–H and O–H groups in total. The van der Waals surface area contributed by atoms with E-state index in [9.17, 15) is 4.79 Å². The molecule has 1 unspecified atom stereocenters. The highest BCUT2D eigenvalue weighted by Crippen LogP contribution is 2.10. The van der Waals surface area contributed by atoms with Gasteiger partial charge in [0.05, 0.1) is 6.54 Å². The van der Waals surface area contributed by atoms with Crippen LogP contribution in [0.3, 0.4) is 0 Å². The molecule has 1 heterocycles. The van der Waals surface area contributed by atoms with E-state index in [4.69, 9.17) is 11.6 Å². The van der Waals surface area contributed by atoms with Gasteiger partial charge in [0.25, 0.3) is 5.91 Å². The normalized spacial score (nSPS) is 16.9. The van der Waals surface area contributed by atoms with E-state index in [2.05, 4.69) is 29.6 Å². The highest BCUT2D eigenvalue weighted by atomic mass is 35.5. The van der Waals surface area contributed by atoms with Crippen molar-refractivity contribution in [1.82, 2.24) is 5.32 Å². The Bertz CT molecular complexity index is 654. The summed E-state index contributed by atoms with van der Waals surface area (Å²) < 4.78 is 0. The fourth-order valence-electron chi connectivity index (χ4n) is 2.89. The Hall–Kier alpha value is -1.84. The molecule has 3 nitrogen and oxygen atoms in total. The SMILES string of the molecule is O=C(C[NH+]1CCc2ccccc2C1)NCc1ccc(Cl)cc1. The van der Waals surface area contributed by atoms with E-state index in [0.717, 1.165) is 25.1 Å². The summed E-state index contributed by atoms with van der Waals surface area (Å²) in [6.07, 6.45) is 1.05. The third-order valence-corrected chi connectivity index (χ3v) is 4.37. The molecular formula is C18H20ClN2O+. The molecule has 0 fully saturated rings. The zero-order valence-electron chi connectivity index (χ0n) is 12.4. The van der Waals surface area contributed by atoms with Crippen LogP contribution >= 0.6 is 11.6 Å². The number of carbonyl (C=O) groups excluding carboxylic acids is 1. The Balaban J connectivity index is 1.49. The van der Waals surface area contributed by atoms with Crippen molar-refractivity contribution in [2.45, 2.75) is 19.5 Å². The minimum absolute atomic E-state index is 0.101. The van der Waals surface area contributed by atoms with Gasteiger partial charge in [-0.3, -0.25) is 4.79 Å². The molecule has 0 spiro atoms. The van der Waals surface area contributed by atoms with Crippen LogP contribution in [0.4, 0.5) is 0 Å². The maximum absolute atomic E-state index is 12.1. The lowest BCUT2D eigenvalue weighted by atomic mass is 10.00. The van der Waals surface area contributed by atoms with Gasteiger partial charge in [0.15, 0.2) is 6.54 Å². The van der Waals surface area contributed by atoms with Crippen LogP contribution in [0.1, 0.15) is 16.7 Å². The molecule has 114 valence electrons. The number of fused-ring (bicyclic) bond motifs is 1. The molecule has 0 saturated heterocycles. The Morgan fingerprint density at radius 2 is 1.82 bits per heavy atom. The predicted molar refractivity (Wildman–Crippen MR) is 87.8 cm³/mol. The van der Waals surface area contributed by atoms with Crippen molar-refractivity contribution in [1.29, 1.82) is 0 Å². The molecular weight excluding hydrogens is 296 g/mol. The quantitative estimate of drug-likeness (QED) is 0.883. The van der Waals surface area contributed by atoms with Crippen molar-refractivity contribution in [3.05, 3.63) is 70.2 Å². The van der Waals surface area contributed by atoms with E-state index < -0.39 is 0 Å². The third-order valence-electron chi connectivity index (χ3n) is 4.12. The van der Waals surface area contributed by atoms with Gasteiger partial charge >= 0.3 is 0 Å². The summed E-state index contributed by atoms with van der Waals surface area (Å²) >= 11 is 5.85. The Kier molecular flexibility index (Phi) is 4.76.